The summed E-state index contributed by atoms with van der Waals surface area (Å²) in [6, 6.07) is 12.9. The average Bonchev–Trinajstić information content (AvgIpc) is 2.67. The van der Waals surface area contributed by atoms with Gasteiger partial charge in [-0.05, 0) is 24.3 Å². The molecule has 6 heteroatoms. The molecular weight excluding hydrogens is 322 g/mol. The Morgan fingerprint density at radius 3 is 2.64 bits per heavy atom. The third kappa shape index (κ3) is 3.07. The van der Waals surface area contributed by atoms with Crippen molar-refractivity contribution in [3.8, 4) is 23.0 Å². The van der Waals surface area contributed by atoms with Crippen molar-refractivity contribution in [2.75, 3.05) is 33.4 Å². The monoisotopic (exact) mass is 341 g/mol. The number of benzene rings is 2. The van der Waals surface area contributed by atoms with Crippen LogP contribution < -0.4 is 18.9 Å². The lowest BCUT2D eigenvalue weighted by atomic mass is 10.1. The number of hydrogen-bond acceptors (Lipinski definition) is 5. The molecule has 0 radical (unpaired) electrons. The summed E-state index contributed by atoms with van der Waals surface area (Å²) < 4.78 is 22.8. The van der Waals surface area contributed by atoms with Gasteiger partial charge >= 0.3 is 0 Å². The molecule has 2 aromatic rings. The highest BCUT2D eigenvalue weighted by molar-refractivity contribution is 5.97. The molecule has 2 aliphatic rings. The fourth-order valence-electron chi connectivity index (χ4n) is 2.99. The van der Waals surface area contributed by atoms with E-state index in [4.69, 9.17) is 18.9 Å². The molecule has 130 valence electrons. The number of amides is 1. The van der Waals surface area contributed by atoms with Crippen molar-refractivity contribution < 1.29 is 23.7 Å². The Hall–Kier alpha value is -2.89. The Labute approximate surface area is 145 Å². The molecule has 2 heterocycles. The predicted molar refractivity (Wildman–Crippen MR) is 90.7 cm³/mol. The standard InChI is InChI=1S/C19H19NO5/c1-20(11-13-12-24-15-6-2-3-7-16(15)25-13)19(21)14-5-4-8-17-18(14)23-10-9-22-17/h2-8,13H,9-12H2,1H3. The fraction of sp³-hybridized carbons (Fsp3) is 0.316. The van der Waals surface area contributed by atoms with Crippen molar-refractivity contribution >= 4 is 5.91 Å². The minimum Gasteiger partial charge on any atom is -0.486 e. The van der Waals surface area contributed by atoms with Crippen LogP contribution in [0.25, 0.3) is 0 Å². The number of para-hydroxylation sites is 3. The van der Waals surface area contributed by atoms with Gasteiger partial charge in [0.15, 0.2) is 29.1 Å². The normalized spacial score (nSPS) is 17.7. The first kappa shape index (κ1) is 15.6. The van der Waals surface area contributed by atoms with E-state index in [2.05, 4.69) is 0 Å². The lowest BCUT2D eigenvalue weighted by molar-refractivity contribution is 0.0516. The second kappa shape index (κ2) is 6.55. The summed E-state index contributed by atoms with van der Waals surface area (Å²) in [5.41, 5.74) is 0.497. The van der Waals surface area contributed by atoms with Crippen LogP contribution >= 0.6 is 0 Å². The van der Waals surface area contributed by atoms with E-state index in [1.54, 1.807) is 30.1 Å². The zero-order valence-electron chi connectivity index (χ0n) is 13.9. The maximum absolute atomic E-state index is 12.8. The molecule has 2 aliphatic heterocycles. The zero-order chi connectivity index (χ0) is 17.2. The molecule has 1 atom stereocenters. The van der Waals surface area contributed by atoms with Crippen LogP contribution in [-0.2, 0) is 0 Å². The third-order valence-corrected chi connectivity index (χ3v) is 4.19. The number of nitrogens with zero attached hydrogens (tertiary/aromatic N) is 1. The van der Waals surface area contributed by atoms with E-state index in [1.165, 1.54) is 0 Å². The number of likely N-dealkylation sites (N-methyl/N-ethyl adjacent to an activating group) is 1. The van der Waals surface area contributed by atoms with Gasteiger partial charge in [-0.2, -0.15) is 0 Å². The summed E-state index contributed by atoms with van der Waals surface area (Å²) in [5.74, 6) is 2.42. The molecule has 6 nitrogen and oxygen atoms in total. The van der Waals surface area contributed by atoms with Crippen LogP contribution in [0, 0.1) is 0 Å². The molecule has 1 amide bonds. The molecule has 0 saturated heterocycles. The molecule has 25 heavy (non-hydrogen) atoms. The van der Waals surface area contributed by atoms with Gasteiger partial charge in [-0.3, -0.25) is 4.79 Å². The van der Waals surface area contributed by atoms with Gasteiger partial charge < -0.3 is 23.8 Å². The van der Waals surface area contributed by atoms with Crippen LogP contribution in [0.3, 0.4) is 0 Å². The van der Waals surface area contributed by atoms with E-state index in [-0.39, 0.29) is 12.0 Å². The minimum absolute atomic E-state index is 0.134. The summed E-state index contributed by atoms with van der Waals surface area (Å²) in [7, 11) is 1.75. The Bertz CT molecular complexity index is 791. The first-order valence-electron chi connectivity index (χ1n) is 8.25. The molecule has 0 aromatic heterocycles. The second-order valence-corrected chi connectivity index (χ2v) is 6.01. The van der Waals surface area contributed by atoms with Crippen molar-refractivity contribution in [3.05, 3.63) is 48.0 Å². The Kier molecular flexibility index (Phi) is 4.09. The molecule has 0 fully saturated rings. The van der Waals surface area contributed by atoms with Gasteiger partial charge in [0, 0.05) is 7.05 Å². The van der Waals surface area contributed by atoms with E-state index >= 15 is 0 Å². The van der Waals surface area contributed by atoms with Gasteiger partial charge in [0.1, 0.15) is 19.8 Å². The van der Waals surface area contributed by atoms with Crippen molar-refractivity contribution in [1.82, 2.24) is 4.90 Å². The van der Waals surface area contributed by atoms with E-state index < -0.39 is 0 Å². The van der Waals surface area contributed by atoms with Gasteiger partial charge in [-0.1, -0.05) is 18.2 Å². The maximum Gasteiger partial charge on any atom is 0.257 e. The largest absolute Gasteiger partial charge is 0.486 e. The molecule has 0 aliphatic carbocycles. The van der Waals surface area contributed by atoms with E-state index in [9.17, 15) is 4.79 Å². The first-order chi connectivity index (χ1) is 12.2. The first-order valence-corrected chi connectivity index (χ1v) is 8.25. The van der Waals surface area contributed by atoms with E-state index in [1.807, 2.05) is 24.3 Å². The molecule has 0 bridgehead atoms. The molecule has 0 N–H and O–H groups in total. The highest BCUT2D eigenvalue weighted by atomic mass is 16.6. The van der Waals surface area contributed by atoms with E-state index in [0.29, 0.717) is 49.2 Å². The van der Waals surface area contributed by atoms with Gasteiger partial charge in [0.05, 0.1) is 12.1 Å². The summed E-state index contributed by atoms with van der Waals surface area (Å²) in [5, 5.41) is 0. The van der Waals surface area contributed by atoms with Crippen molar-refractivity contribution in [2.24, 2.45) is 0 Å². The highest BCUT2D eigenvalue weighted by Gasteiger charge is 2.27. The Morgan fingerprint density at radius 2 is 1.76 bits per heavy atom. The summed E-state index contributed by atoms with van der Waals surface area (Å²) in [6.07, 6.45) is -0.222. The quantitative estimate of drug-likeness (QED) is 0.858. The molecule has 0 spiro atoms. The Morgan fingerprint density at radius 1 is 1.00 bits per heavy atom. The lowest BCUT2D eigenvalue weighted by Crippen LogP contribution is -2.42. The molecular formula is C19H19NO5. The van der Waals surface area contributed by atoms with Gasteiger partial charge in [0.25, 0.3) is 5.91 Å². The number of hydrogen-bond donors (Lipinski definition) is 0. The van der Waals surface area contributed by atoms with Gasteiger partial charge in [-0.25, -0.2) is 0 Å². The average molecular weight is 341 g/mol. The second-order valence-electron chi connectivity index (χ2n) is 6.01. The molecule has 4 rings (SSSR count). The van der Waals surface area contributed by atoms with Gasteiger partial charge in [-0.15, -0.1) is 0 Å². The van der Waals surface area contributed by atoms with Crippen LogP contribution in [0.5, 0.6) is 23.0 Å². The van der Waals surface area contributed by atoms with Crippen LogP contribution in [-0.4, -0.2) is 50.3 Å². The maximum atomic E-state index is 12.8. The Balaban J connectivity index is 1.47. The van der Waals surface area contributed by atoms with Crippen LogP contribution in [0.15, 0.2) is 42.5 Å². The fourth-order valence-corrected chi connectivity index (χ4v) is 2.99. The molecule has 0 saturated carbocycles. The number of carbonyl (C=O) groups is 1. The number of carbonyl (C=O) groups excluding carboxylic acids is 1. The topological polar surface area (TPSA) is 57.2 Å². The lowest BCUT2D eigenvalue weighted by Gasteiger charge is -2.30. The predicted octanol–water partition coefficient (Wildman–Crippen LogP) is 2.37. The number of rotatable bonds is 3. The van der Waals surface area contributed by atoms with Crippen LogP contribution in [0.2, 0.25) is 0 Å². The molecule has 2 aromatic carbocycles. The van der Waals surface area contributed by atoms with E-state index in [0.717, 1.165) is 5.75 Å². The smallest absolute Gasteiger partial charge is 0.257 e. The van der Waals surface area contributed by atoms with Crippen molar-refractivity contribution in [2.45, 2.75) is 6.10 Å². The zero-order valence-corrected chi connectivity index (χ0v) is 13.9. The summed E-state index contributed by atoms with van der Waals surface area (Å²) in [4.78, 5) is 14.5. The minimum atomic E-state index is -0.222. The van der Waals surface area contributed by atoms with Crippen LogP contribution in [0.4, 0.5) is 0 Å². The van der Waals surface area contributed by atoms with Crippen LogP contribution in [0.1, 0.15) is 10.4 Å². The molecule has 1 unspecified atom stereocenters. The third-order valence-electron chi connectivity index (χ3n) is 4.19. The summed E-state index contributed by atoms with van der Waals surface area (Å²) >= 11 is 0. The van der Waals surface area contributed by atoms with Crippen molar-refractivity contribution in [3.63, 3.8) is 0 Å². The summed E-state index contributed by atoms with van der Waals surface area (Å²) in [6.45, 7) is 1.75. The van der Waals surface area contributed by atoms with Crippen molar-refractivity contribution in [1.29, 1.82) is 0 Å². The van der Waals surface area contributed by atoms with Gasteiger partial charge in [0.2, 0.25) is 0 Å². The number of ether oxygens (including phenoxy) is 4. The number of fused-ring (bicyclic) bond motifs is 2. The highest BCUT2D eigenvalue weighted by Crippen LogP contribution is 2.34. The SMILES string of the molecule is CN(CC1COc2ccccc2O1)C(=O)c1cccc2c1OCCO2.